The molecule has 2 aromatic rings. The van der Waals surface area contributed by atoms with Crippen LogP contribution in [0.3, 0.4) is 0 Å². The van der Waals surface area contributed by atoms with Crippen LogP contribution in [0.1, 0.15) is 76.4 Å². The van der Waals surface area contributed by atoms with E-state index in [9.17, 15) is 0 Å². The van der Waals surface area contributed by atoms with Gasteiger partial charge in [-0.25, -0.2) is 0 Å². The van der Waals surface area contributed by atoms with E-state index in [1.54, 1.807) is 24.6 Å². The van der Waals surface area contributed by atoms with Gasteiger partial charge in [0.15, 0.2) is 0 Å². The Kier molecular flexibility index (Phi) is 3.99. The average molecular weight is 392 g/mol. The Morgan fingerprint density at radius 2 is 2.19 bits per heavy atom. The Balaban J connectivity index is 1.62. The summed E-state index contributed by atoms with van der Waals surface area (Å²) in [5, 5.41) is 1.95. The molecule has 0 N–H and O–H groups in total. The molecule has 1 saturated heterocycles. The molecule has 4 heteroatoms. The molecule has 0 aromatic carbocycles. The second-order valence-electron chi connectivity index (χ2n) is 7.50. The van der Waals surface area contributed by atoms with Gasteiger partial charge in [-0.3, -0.25) is 4.98 Å². The fourth-order valence-corrected chi connectivity index (χ4v) is 5.16. The van der Waals surface area contributed by atoms with Crippen molar-refractivity contribution in [2.24, 2.45) is 0 Å². The molecule has 1 spiro atoms. The van der Waals surface area contributed by atoms with Gasteiger partial charge in [0.2, 0.25) is 0 Å². The Labute approximate surface area is 175 Å². The smallest absolute Gasteiger partial charge is 0.132 e. The number of ether oxygens (including phenoxy) is 2. The summed E-state index contributed by atoms with van der Waals surface area (Å²) < 4.78 is 62.3. The maximum atomic E-state index is 8.90. The third-order valence-electron chi connectivity index (χ3n) is 5.72. The van der Waals surface area contributed by atoms with Gasteiger partial charge in [0.05, 0.1) is 12.7 Å². The molecular weight excluding hydrogens is 354 g/mol. The molecule has 0 amide bonds. The SMILES string of the molecule is [2H]C([2H])(CCc1sccc1OC)C[C@@]1(c2ccccn2)CCOC2(CC([2H])([2H])C([2H])([2H])C2)C1. The summed E-state index contributed by atoms with van der Waals surface area (Å²) in [5.74, 6) is 0.788. The topological polar surface area (TPSA) is 31.4 Å². The van der Waals surface area contributed by atoms with Crippen molar-refractivity contribution < 1.29 is 17.7 Å². The number of rotatable bonds is 7. The molecule has 0 radical (unpaired) electrons. The number of hydrogen-bond donors (Lipinski definition) is 0. The third-order valence-corrected chi connectivity index (χ3v) is 6.68. The zero-order valence-corrected chi connectivity index (χ0v) is 16.6. The normalized spacial score (nSPS) is 31.9. The molecule has 1 saturated carbocycles. The van der Waals surface area contributed by atoms with E-state index in [4.69, 9.17) is 17.7 Å². The monoisotopic (exact) mass is 391 g/mol. The van der Waals surface area contributed by atoms with Crippen LogP contribution in [0, 0.1) is 0 Å². The van der Waals surface area contributed by atoms with Crippen molar-refractivity contribution in [3.8, 4) is 5.75 Å². The zero-order valence-electron chi connectivity index (χ0n) is 21.8. The Morgan fingerprint density at radius 1 is 1.30 bits per heavy atom. The molecule has 2 aliphatic rings. The number of aryl methyl sites for hydroxylation is 1. The van der Waals surface area contributed by atoms with E-state index in [0.29, 0.717) is 32.3 Å². The summed E-state index contributed by atoms with van der Waals surface area (Å²) in [6, 6.07) is 7.53. The van der Waals surface area contributed by atoms with Crippen LogP contribution >= 0.6 is 11.3 Å². The van der Waals surface area contributed by atoms with Gasteiger partial charge in [-0.15, -0.1) is 11.3 Å². The predicted octanol–water partition coefficient (Wildman–Crippen LogP) is 5.93. The van der Waals surface area contributed by atoms with Gasteiger partial charge < -0.3 is 9.47 Å². The zero-order chi connectivity index (χ0) is 24.0. The predicted molar refractivity (Wildman–Crippen MR) is 111 cm³/mol. The first-order valence-electron chi connectivity index (χ1n) is 12.6. The summed E-state index contributed by atoms with van der Waals surface area (Å²) in [4.78, 5) is 5.62. The molecule has 1 aliphatic carbocycles. The van der Waals surface area contributed by atoms with Gasteiger partial charge in [-0.2, -0.15) is 0 Å². The quantitative estimate of drug-likeness (QED) is 0.586. The lowest BCUT2D eigenvalue weighted by molar-refractivity contribution is -0.104. The molecule has 1 aliphatic heterocycles. The van der Waals surface area contributed by atoms with Crippen LogP contribution in [-0.2, 0) is 16.6 Å². The molecule has 27 heavy (non-hydrogen) atoms. The summed E-state index contributed by atoms with van der Waals surface area (Å²) in [6.45, 7) is 0.331. The maximum absolute atomic E-state index is 8.90. The minimum Gasteiger partial charge on any atom is -0.496 e. The molecule has 146 valence electrons. The van der Waals surface area contributed by atoms with Crippen molar-refractivity contribution >= 4 is 11.3 Å². The van der Waals surface area contributed by atoms with E-state index in [-0.39, 0.29) is 19.3 Å². The summed E-state index contributed by atoms with van der Waals surface area (Å²) >= 11 is 1.56. The lowest BCUT2D eigenvalue weighted by atomic mass is 9.67. The third kappa shape index (κ3) is 4.07. The lowest BCUT2D eigenvalue weighted by Gasteiger charge is -2.46. The van der Waals surface area contributed by atoms with Crippen LogP contribution in [0.4, 0.5) is 0 Å². The van der Waals surface area contributed by atoms with E-state index in [1.165, 1.54) is 0 Å². The number of pyridine rings is 1. The first kappa shape index (κ1) is 12.9. The lowest BCUT2D eigenvalue weighted by Crippen LogP contribution is -2.46. The van der Waals surface area contributed by atoms with Crippen LogP contribution in [0.2, 0.25) is 0 Å². The van der Waals surface area contributed by atoms with Crippen LogP contribution in [0.15, 0.2) is 35.8 Å². The summed E-state index contributed by atoms with van der Waals surface area (Å²) in [6.07, 6.45) is -1.79. The molecule has 3 nitrogen and oxygen atoms in total. The molecule has 3 heterocycles. The Hall–Kier alpha value is -1.39. The number of nitrogens with zero attached hydrogens (tertiary/aromatic N) is 1. The van der Waals surface area contributed by atoms with Crippen LogP contribution in [-0.4, -0.2) is 24.3 Å². The molecular formula is C23H31NO2S. The van der Waals surface area contributed by atoms with Crippen LogP contribution in [0.5, 0.6) is 5.75 Å². The fourth-order valence-electron chi connectivity index (χ4n) is 4.31. The van der Waals surface area contributed by atoms with Gasteiger partial charge in [-0.1, -0.05) is 25.2 Å². The van der Waals surface area contributed by atoms with Crippen LogP contribution < -0.4 is 4.74 Å². The fraction of sp³-hybridized carbons (Fsp3) is 0.609. The highest BCUT2D eigenvalue weighted by Gasteiger charge is 2.48. The van der Waals surface area contributed by atoms with Gasteiger partial charge in [-0.05, 0) is 68.5 Å². The minimum atomic E-state index is -1.99. The van der Waals surface area contributed by atoms with Gasteiger partial charge in [0, 0.05) is 37.0 Å². The van der Waals surface area contributed by atoms with Crippen molar-refractivity contribution in [2.45, 2.75) is 75.1 Å². The van der Waals surface area contributed by atoms with Crippen molar-refractivity contribution in [1.29, 1.82) is 0 Å². The average Bonchev–Trinajstić information content (AvgIpc) is 3.25. The number of methoxy groups -OCH3 is 1. The second kappa shape index (κ2) is 8.32. The van der Waals surface area contributed by atoms with Gasteiger partial charge in [0.1, 0.15) is 5.75 Å². The van der Waals surface area contributed by atoms with Crippen molar-refractivity contribution in [3.63, 3.8) is 0 Å². The van der Waals surface area contributed by atoms with E-state index >= 15 is 0 Å². The number of hydrogen-bond acceptors (Lipinski definition) is 4. The summed E-state index contributed by atoms with van der Waals surface area (Å²) in [7, 11) is 1.62. The van der Waals surface area contributed by atoms with Crippen molar-refractivity contribution in [3.05, 3.63) is 46.4 Å². The number of thiophene rings is 1. The highest BCUT2D eigenvalue weighted by atomic mass is 32.1. The van der Waals surface area contributed by atoms with Gasteiger partial charge >= 0.3 is 0 Å². The molecule has 2 aromatic heterocycles. The van der Waals surface area contributed by atoms with Crippen LogP contribution in [0.25, 0.3) is 0 Å². The highest BCUT2D eigenvalue weighted by molar-refractivity contribution is 7.10. The minimum absolute atomic E-state index is 0.0308. The Morgan fingerprint density at radius 3 is 2.96 bits per heavy atom. The molecule has 2 fully saturated rings. The molecule has 4 rings (SSSR count). The largest absolute Gasteiger partial charge is 0.496 e. The molecule has 0 bridgehead atoms. The molecule has 1 atom stereocenters. The maximum Gasteiger partial charge on any atom is 0.132 e. The van der Waals surface area contributed by atoms with Gasteiger partial charge in [0.25, 0.3) is 0 Å². The number of aromatic nitrogens is 1. The first-order valence-corrected chi connectivity index (χ1v) is 10.5. The second-order valence-corrected chi connectivity index (χ2v) is 8.50. The molecule has 0 unspecified atom stereocenters. The van der Waals surface area contributed by atoms with Crippen molar-refractivity contribution in [1.82, 2.24) is 4.98 Å². The van der Waals surface area contributed by atoms with E-state index in [0.717, 1.165) is 16.3 Å². The standard InChI is InChI=1S/C23H31NO2S/c1-25-19-10-17-27-20(19)8-2-4-11-22(21-9-3-7-15-24-21)14-16-26-23(18-22)12-5-6-13-23/h3,7,9-10,15,17H,2,4-6,8,11-14,16,18H2,1H3/t22-/m1/s1/i4D2,5D2,6D2. The van der Waals surface area contributed by atoms with E-state index in [1.807, 2.05) is 29.6 Å². The Bertz CT molecular complexity index is 951. The first-order chi connectivity index (χ1) is 15.4. The highest BCUT2D eigenvalue weighted by Crippen LogP contribution is 2.50. The van der Waals surface area contributed by atoms with E-state index < -0.39 is 30.1 Å². The van der Waals surface area contributed by atoms with Crippen molar-refractivity contribution in [2.75, 3.05) is 13.7 Å². The van der Waals surface area contributed by atoms with E-state index in [2.05, 4.69) is 4.98 Å². The summed E-state index contributed by atoms with van der Waals surface area (Å²) in [5.41, 5.74) is -0.840.